The maximum Gasteiger partial charge on any atom is 0.256 e. The molecule has 1 fully saturated rings. The van der Waals surface area contributed by atoms with Crippen LogP contribution in [0, 0.1) is 5.82 Å². The summed E-state index contributed by atoms with van der Waals surface area (Å²) in [4.78, 5) is 13.8. The fourth-order valence-corrected chi connectivity index (χ4v) is 3.26. The summed E-state index contributed by atoms with van der Waals surface area (Å²) in [5.41, 5.74) is -0.195. The summed E-state index contributed by atoms with van der Waals surface area (Å²) in [6.45, 7) is 2.99. The van der Waals surface area contributed by atoms with Gasteiger partial charge in [-0.3, -0.25) is 4.79 Å². The van der Waals surface area contributed by atoms with Crippen molar-refractivity contribution in [2.24, 2.45) is 0 Å². The van der Waals surface area contributed by atoms with Gasteiger partial charge in [-0.2, -0.15) is 0 Å². The third-order valence-electron chi connectivity index (χ3n) is 3.81. The Balaban J connectivity index is 2.34. The number of carbonyl (C=O) groups is 1. The van der Waals surface area contributed by atoms with Gasteiger partial charge in [0.2, 0.25) is 0 Å². The fourth-order valence-electron chi connectivity index (χ4n) is 2.35. The van der Waals surface area contributed by atoms with E-state index in [-0.39, 0.29) is 22.3 Å². The van der Waals surface area contributed by atoms with E-state index >= 15 is 0 Å². The Morgan fingerprint density at radius 2 is 2.19 bits per heavy atom. The van der Waals surface area contributed by atoms with Gasteiger partial charge in [-0.25, -0.2) is 12.8 Å². The number of hydrogen-bond acceptors (Lipinski definition) is 4. The van der Waals surface area contributed by atoms with Gasteiger partial charge >= 0.3 is 0 Å². The predicted molar refractivity (Wildman–Crippen MR) is 77.5 cm³/mol. The quantitative estimate of drug-likeness (QED) is 0.844. The molecule has 0 saturated carbocycles. The minimum absolute atomic E-state index is 0.00309. The number of sulfone groups is 1. The standard InChI is InChI=1S/C14H19FN2O3S/c1-3-21(19,20)11-4-5-13(15)12(8-11)14(18)17(2)10-6-7-16-9-10/h4-5,8,10,16H,3,6-7,9H2,1-2H3. The normalized spacial score (nSPS) is 18.7. The van der Waals surface area contributed by atoms with Crippen LogP contribution < -0.4 is 5.32 Å². The summed E-state index contributed by atoms with van der Waals surface area (Å²) in [6.07, 6.45) is 0.802. The summed E-state index contributed by atoms with van der Waals surface area (Å²) in [5.74, 6) is -1.28. The maximum absolute atomic E-state index is 13.9. The second-order valence-corrected chi connectivity index (χ2v) is 7.39. The van der Waals surface area contributed by atoms with E-state index in [1.165, 1.54) is 17.9 Å². The maximum atomic E-state index is 13.9. The molecular weight excluding hydrogens is 295 g/mol. The summed E-state index contributed by atoms with van der Waals surface area (Å²) in [6, 6.07) is 3.37. The minimum atomic E-state index is -3.47. The number of hydrogen-bond donors (Lipinski definition) is 1. The van der Waals surface area contributed by atoms with Crippen LogP contribution in [-0.4, -0.2) is 51.2 Å². The number of benzene rings is 1. The summed E-state index contributed by atoms with van der Waals surface area (Å²) in [7, 11) is -1.85. The highest BCUT2D eigenvalue weighted by Gasteiger charge is 2.26. The van der Waals surface area contributed by atoms with Crippen LogP contribution in [0.1, 0.15) is 23.7 Å². The van der Waals surface area contributed by atoms with Gasteiger partial charge in [0.25, 0.3) is 5.91 Å². The molecule has 0 bridgehead atoms. The van der Waals surface area contributed by atoms with Gasteiger partial charge < -0.3 is 10.2 Å². The summed E-state index contributed by atoms with van der Waals surface area (Å²) >= 11 is 0. The Kier molecular flexibility index (Phi) is 4.63. The lowest BCUT2D eigenvalue weighted by molar-refractivity contribution is 0.0739. The highest BCUT2D eigenvalue weighted by Crippen LogP contribution is 2.19. The lowest BCUT2D eigenvalue weighted by Gasteiger charge is -2.24. The van der Waals surface area contributed by atoms with Gasteiger partial charge in [-0.15, -0.1) is 0 Å². The average molecular weight is 314 g/mol. The van der Waals surface area contributed by atoms with E-state index in [4.69, 9.17) is 0 Å². The van der Waals surface area contributed by atoms with E-state index in [0.29, 0.717) is 6.54 Å². The van der Waals surface area contributed by atoms with Gasteiger partial charge in [-0.05, 0) is 31.2 Å². The zero-order valence-electron chi connectivity index (χ0n) is 12.1. The van der Waals surface area contributed by atoms with Gasteiger partial charge in [0.15, 0.2) is 9.84 Å². The molecule has 1 saturated heterocycles. The molecule has 21 heavy (non-hydrogen) atoms. The predicted octanol–water partition coefficient (Wildman–Crippen LogP) is 1.05. The van der Waals surface area contributed by atoms with Crippen LogP contribution in [0.25, 0.3) is 0 Å². The Morgan fingerprint density at radius 1 is 1.48 bits per heavy atom. The van der Waals surface area contributed by atoms with E-state index in [9.17, 15) is 17.6 Å². The highest BCUT2D eigenvalue weighted by atomic mass is 32.2. The van der Waals surface area contributed by atoms with Crippen molar-refractivity contribution >= 4 is 15.7 Å². The molecule has 1 N–H and O–H groups in total. The molecule has 0 spiro atoms. The van der Waals surface area contributed by atoms with Crippen LogP contribution in [-0.2, 0) is 9.84 Å². The van der Waals surface area contributed by atoms with Crippen LogP contribution in [0.3, 0.4) is 0 Å². The number of amides is 1. The lowest BCUT2D eigenvalue weighted by atomic mass is 10.1. The third-order valence-corrected chi connectivity index (χ3v) is 5.54. The van der Waals surface area contributed by atoms with Gasteiger partial charge in [0.1, 0.15) is 5.82 Å². The monoisotopic (exact) mass is 314 g/mol. The topological polar surface area (TPSA) is 66.5 Å². The zero-order chi connectivity index (χ0) is 15.6. The molecule has 2 rings (SSSR count). The van der Waals surface area contributed by atoms with Crippen molar-refractivity contribution in [3.05, 3.63) is 29.6 Å². The summed E-state index contributed by atoms with van der Waals surface area (Å²) < 4.78 is 37.6. The van der Waals surface area contributed by atoms with Crippen LogP contribution in [0.15, 0.2) is 23.1 Å². The number of rotatable bonds is 4. The van der Waals surface area contributed by atoms with E-state index < -0.39 is 21.6 Å². The zero-order valence-corrected chi connectivity index (χ0v) is 12.9. The smallest absolute Gasteiger partial charge is 0.256 e. The van der Waals surface area contributed by atoms with Crippen molar-refractivity contribution < 1.29 is 17.6 Å². The number of halogens is 1. The first-order valence-electron chi connectivity index (χ1n) is 6.87. The molecule has 5 nitrogen and oxygen atoms in total. The van der Waals surface area contributed by atoms with Crippen molar-refractivity contribution in [1.29, 1.82) is 0 Å². The molecule has 0 aromatic heterocycles. The van der Waals surface area contributed by atoms with Crippen molar-refractivity contribution in [2.45, 2.75) is 24.3 Å². The summed E-state index contributed by atoms with van der Waals surface area (Å²) in [5, 5.41) is 3.14. The third kappa shape index (κ3) is 3.24. The number of nitrogens with one attached hydrogen (secondary N) is 1. The van der Waals surface area contributed by atoms with E-state index in [2.05, 4.69) is 5.32 Å². The van der Waals surface area contributed by atoms with Gasteiger partial charge in [0, 0.05) is 19.6 Å². The minimum Gasteiger partial charge on any atom is -0.337 e. The second-order valence-electron chi connectivity index (χ2n) is 5.11. The van der Waals surface area contributed by atoms with Crippen LogP contribution in [0.4, 0.5) is 4.39 Å². The van der Waals surface area contributed by atoms with Crippen LogP contribution in [0.5, 0.6) is 0 Å². The van der Waals surface area contributed by atoms with Crippen molar-refractivity contribution in [3.63, 3.8) is 0 Å². The molecule has 1 aromatic carbocycles. The molecular formula is C14H19FN2O3S. The lowest BCUT2D eigenvalue weighted by Crippen LogP contribution is -2.38. The van der Waals surface area contributed by atoms with Crippen LogP contribution in [0.2, 0.25) is 0 Å². The largest absolute Gasteiger partial charge is 0.337 e. The Labute approximate surface area is 124 Å². The first-order valence-corrected chi connectivity index (χ1v) is 8.52. The second kappa shape index (κ2) is 6.11. The molecule has 0 radical (unpaired) electrons. The van der Waals surface area contributed by atoms with Crippen molar-refractivity contribution in [1.82, 2.24) is 10.2 Å². The molecule has 1 aliphatic heterocycles. The molecule has 0 aliphatic carbocycles. The Bertz CT molecular complexity index is 640. The molecule has 116 valence electrons. The highest BCUT2D eigenvalue weighted by molar-refractivity contribution is 7.91. The van der Waals surface area contributed by atoms with Crippen molar-refractivity contribution in [3.8, 4) is 0 Å². The molecule has 1 atom stereocenters. The molecule has 1 aromatic rings. The Morgan fingerprint density at radius 3 is 2.76 bits per heavy atom. The van der Waals surface area contributed by atoms with E-state index in [1.807, 2.05) is 0 Å². The fraction of sp³-hybridized carbons (Fsp3) is 0.500. The van der Waals surface area contributed by atoms with Gasteiger partial charge in [0.05, 0.1) is 16.2 Å². The number of likely N-dealkylation sites (N-methyl/N-ethyl adjacent to an activating group) is 1. The number of carbonyl (C=O) groups excluding carboxylic acids is 1. The first kappa shape index (κ1) is 15.9. The Hall–Kier alpha value is -1.47. The van der Waals surface area contributed by atoms with Crippen LogP contribution >= 0.6 is 0 Å². The molecule has 1 amide bonds. The van der Waals surface area contributed by atoms with E-state index in [0.717, 1.165) is 25.1 Å². The molecule has 1 heterocycles. The SMILES string of the molecule is CCS(=O)(=O)c1ccc(F)c(C(=O)N(C)C2CCNC2)c1. The number of nitrogens with zero attached hydrogens (tertiary/aromatic N) is 1. The molecule has 1 unspecified atom stereocenters. The molecule has 7 heteroatoms. The van der Waals surface area contributed by atoms with Crippen molar-refractivity contribution in [2.75, 3.05) is 25.9 Å². The van der Waals surface area contributed by atoms with Gasteiger partial charge in [-0.1, -0.05) is 6.92 Å². The van der Waals surface area contributed by atoms with E-state index in [1.54, 1.807) is 7.05 Å². The molecule has 1 aliphatic rings. The first-order chi connectivity index (χ1) is 9.86. The average Bonchev–Trinajstić information content (AvgIpc) is 3.00.